The van der Waals surface area contributed by atoms with Crippen molar-refractivity contribution in [3.05, 3.63) is 37.1 Å². The van der Waals surface area contributed by atoms with Gasteiger partial charge in [-0.3, -0.25) is 4.98 Å². The molecule has 0 radical (unpaired) electrons. The van der Waals surface area contributed by atoms with Crippen LogP contribution in [0.4, 0.5) is 0 Å². The lowest BCUT2D eigenvalue weighted by Crippen LogP contribution is -1.73. The van der Waals surface area contributed by atoms with E-state index in [4.69, 9.17) is 4.42 Å². The minimum Gasteiger partial charge on any atom is -0.472 e. The van der Waals surface area contributed by atoms with E-state index in [-0.39, 0.29) is 0 Å². The summed E-state index contributed by atoms with van der Waals surface area (Å²) in [5, 5.41) is 0. The van der Waals surface area contributed by atoms with Gasteiger partial charge in [0.05, 0.1) is 29.1 Å². The van der Waals surface area contributed by atoms with Crippen LogP contribution in [0.2, 0.25) is 0 Å². The van der Waals surface area contributed by atoms with Crippen LogP contribution >= 0.6 is 0 Å². The smallest absolute Gasteiger partial charge is 0.141 e. The lowest BCUT2D eigenvalue weighted by Gasteiger charge is -1.84. The predicted molar refractivity (Wildman–Crippen MR) is 51.6 cm³/mol. The van der Waals surface area contributed by atoms with E-state index in [1.165, 1.54) is 0 Å². The normalized spacial score (nSPS) is 10.9. The number of hydrogen-bond acceptors (Lipinski definition) is 3. The molecule has 0 atom stereocenters. The maximum Gasteiger partial charge on any atom is 0.141 e. The molecule has 14 heavy (non-hydrogen) atoms. The second-order valence-electron chi connectivity index (χ2n) is 2.99. The van der Waals surface area contributed by atoms with Gasteiger partial charge >= 0.3 is 0 Å². The number of aromatic nitrogens is 3. The van der Waals surface area contributed by atoms with E-state index < -0.39 is 0 Å². The van der Waals surface area contributed by atoms with Crippen molar-refractivity contribution in [2.24, 2.45) is 0 Å². The molecule has 0 aliphatic rings. The quantitative estimate of drug-likeness (QED) is 0.632. The fraction of sp³-hybridized carbons (Fsp3) is 0. The number of hydrogen-bond donors (Lipinski definition) is 1. The first-order valence-corrected chi connectivity index (χ1v) is 4.26. The number of imidazole rings is 1. The Hall–Kier alpha value is -2.10. The molecule has 0 saturated heterocycles. The molecule has 3 heterocycles. The minimum atomic E-state index is 0.807. The molecule has 68 valence electrons. The Morgan fingerprint density at radius 1 is 1.29 bits per heavy atom. The van der Waals surface area contributed by atoms with E-state index in [1.54, 1.807) is 24.9 Å². The molecular weight excluding hydrogens is 178 g/mol. The molecule has 0 aliphatic carbocycles. The molecule has 1 N–H and O–H groups in total. The van der Waals surface area contributed by atoms with Crippen molar-refractivity contribution in [3.63, 3.8) is 0 Å². The number of aromatic amines is 1. The van der Waals surface area contributed by atoms with Crippen molar-refractivity contribution in [2.45, 2.75) is 0 Å². The monoisotopic (exact) mass is 185 g/mol. The SMILES string of the molecule is c1cc2nc(-c3ccoc3)[nH]c2cn1. The Kier molecular flexibility index (Phi) is 1.41. The van der Waals surface area contributed by atoms with Crippen molar-refractivity contribution in [1.29, 1.82) is 0 Å². The molecule has 4 nitrogen and oxygen atoms in total. The van der Waals surface area contributed by atoms with Crippen LogP contribution in [0.3, 0.4) is 0 Å². The summed E-state index contributed by atoms with van der Waals surface area (Å²) in [4.78, 5) is 11.6. The summed E-state index contributed by atoms with van der Waals surface area (Å²) in [7, 11) is 0. The summed E-state index contributed by atoms with van der Waals surface area (Å²) >= 11 is 0. The van der Waals surface area contributed by atoms with Crippen LogP contribution in [0.5, 0.6) is 0 Å². The first-order valence-electron chi connectivity index (χ1n) is 4.26. The van der Waals surface area contributed by atoms with E-state index >= 15 is 0 Å². The highest BCUT2D eigenvalue weighted by atomic mass is 16.3. The summed E-state index contributed by atoms with van der Waals surface area (Å²) < 4.78 is 4.99. The van der Waals surface area contributed by atoms with Crippen LogP contribution in [0.15, 0.2) is 41.5 Å². The maximum atomic E-state index is 4.99. The standard InChI is InChI=1S/C10H7N3O/c1-3-11-5-9-8(1)12-10(13-9)7-2-4-14-6-7/h1-6H,(H,12,13). The van der Waals surface area contributed by atoms with Gasteiger partial charge in [-0.1, -0.05) is 0 Å². The summed E-state index contributed by atoms with van der Waals surface area (Å²) in [6, 6.07) is 3.74. The molecule has 4 heteroatoms. The molecule has 0 saturated carbocycles. The Morgan fingerprint density at radius 3 is 3.07 bits per heavy atom. The first-order chi connectivity index (χ1) is 6.93. The van der Waals surface area contributed by atoms with Gasteiger partial charge in [-0.15, -0.1) is 0 Å². The molecule has 3 aromatic heterocycles. The van der Waals surface area contributed by atoms with Gasteiger partial charge in [0.2, 0.25) is 0 Å². The van der Waals surface area contributed by atoms with Crippen LogP contribution in [0, 0.1) is 0 Å². The van der Waals surface area contributed by atoms with E-state index in [2.05, 4.69) is 15.0 Å². The van der Waals surface area contributed by atoms with Crippen molar-refractivity contribution in [2.75, 3.05) is 0 Å². The van der Waals surface area contributed by atoms with Crippen LogP contribution in [-0.2, 0) is 0 Å². The average Bonchev–Trinajstić information content (AvgIpc) is 2.86. The number of H-pyrrole nitrogens is 1. The lowest BCUT2D eigenvalue weighted by atomic mass is 10.3. The molecule has 3 aromatic rings. The lowest BCUT2D eigenvalue weighted by molar-refractivity contribution is 0.568. The molecule has 0 unspecified atom stereocenters. The van der Waals surface area contributed by atoms with E-state index in [0.717, 1.165) is 22.4 Å². The minimum absolute atomic E-state index is 0.807. The molecule has 0 bridgehead atoms. The van der Waals surface area contributed by atoms with Gasteiger partial charge in [-0.25, -0.2) is 4.98 Å². The van der Waals surface area contributed by atoms with Gasteiger partial charge in [0.25, 0.3) is 0 Å². The Morgan fingerprint density at radius 2 is 2.29 bits per heavy atom. The third kappa shape index (κ3) is 1.01. The number of nitrogens with zero attached hydrogens (tertiary/aromatic N) is 2. The molecular formula is C10H7N3O. The third-order valence-corrected chi connectivity index (χ3v) is 2.08. The fourth-order valence-corrected chi connectivity index (χ4v) is 1.39. The highest BCUT2D eigenvalue weighted by Gasteiger charge is 2.04. The molecule has 0 aromatic carbocycles. The van der Waals surface area contributed by atoms with Crippen molar-refractivity contribution >= 4 is 11.0 Å². The van der Waals surface area contributed by atoms with E-state index in [0.29, 0.717) is 0 Å². The first kappa shape index (κ1) is 7.32. The Bertz CT molecular complexity index is 521. The zero-order valence-corrected chi connectivity index (χ0v) is 7.27. The van der Waals surface area contributed by atoms with Gasteiger partial charge < -0.3 is 9.40 Å². The summed E-state index contributed by atoms with van der Waals surface area (Å²) in [5.74, 6) is 0.807. The molecule has 0 spiro atoms. The van der Waals surface area contributed by atoms with E-state index in [9.17, 15) is 0 Å². The van der Waals surface area contributed by atoms with Crippen molar-refractivity contribution in [3.8, 4) is 11.4 Å². The molecule has 0 fully saturated rings. The number of furan rings is 1. The van der Waals surface area contributed by atoms with Crippen LogP contribution in [0.1, 0.15) is 0 Å². The van der Waals surface area contributed by atoms with Crippen molar-refractivity contribution in [1.82, 2.24) is 15.0 Å². The molecule has 0 amide bonds. The number of rotatable bonds is 1. The summed E-state index contributed by atoms with van der Waals surface area (Å²) in [6.07, 6.45) is 6.76. The van der Waals surface area contributed by atoms with Gasteiger partial charge in [0.15, 0.2) is 0 Å². The predicted octanol–water partition coefficient (Wildman–Crippen LogP) is 2.22. The summed E-state index contributed by atoms with van der Waals surface area (Å²) in [6.45, 7) is 0. The maximum absolute atomic E-state index is 4.99. The third-order valence-electron chi connectivity index (χ3n) is 2.08. The van der Waals surface area contributed by atoms with Gasteiger partial charge in [0.1, 0.15) is 12.1 Å². The molecule has 3 rings (SSSR count). The highest BCUT2D eigenvalue weighted by Crippen LogP contribution is 2.19. The Labute approximate surface area is 79.6 Å². The van der Waals surface area contributed by atoms with Gasteiger partial charge in [-0.2, -0.15) is 0 Å². The number of fused-ring (bicyclic) bond motifs is 1. The van der Waals surface area contributed by atoms with Crippen LogP contribution in [0.25, 0.3) is 22.4 Å². The van der Waals surface area contributed by atoms with Crippen LogP contribution in [-0.4, -0.2) is 15.0 Å². The largest absolute Gasteiger partial charge is 0.472 e. The second kappa shape index (κ2) is 2.70. The Balaban J connectivity index is 2.24. The van der Waals surface area contributed by atoms with Crippen molar-refractivity contribution < 1.29 is 4.42 Å². The topological polar surface area (TPSA) is 54.7 Å². The number of pyridine rings is 1. The fourth-order valence-electron chi connectivity index (χ4n) is 1.39. The van der Waals surface area contributed by atoms with Gasteiger partial charge in [0, 0.05) is 6.20 Å². The zero-order chi connectivity index (χ0) is 9.38. The summed E-state index contributed by atoms with van der Waals surface area (Å²) in [5.41, 5.74) is 2.79. The van der Waals surface area contributed by atoms with Gasteiger partial charge in [-0.05, 0) is 12.1 Å². The highest BCUT2D eigenvalue weighted by molar-refractivity contribution is 5.77. The van der Waals surface area contributed by atoms with Crippen LogP contribution < -0.4 is 0 Å². The molecule has 0 aliphatic heterocycles. The zero-order valence-electron chi connectivity index (χ0n) is 7.27. The average molecular weight is 185 g/mol. The van der Waals surface area contributed by atoms with E-state index in [1.807, 2.05) is 12.1 Å². The number of nitrogens with one attached hydrogen (secondary N) is 1. The second-order valence-corrected chi connectivity index (χ2v) is 2.99.